The van der Waals surface area contributed by atoms with Crippen LogP contribution < -0.4 is 20.9 Å². The average Bonchev–Trinajstić information content (AvgIpc) is 3.16. The Balaban J connectivity index is 1.93. The van der Waals surface area contributed by atoms with Crippen LogP contribution >= 0.6 is 0 Å². The van der Waals surface area contributed by atoms with Gasteiger partial charge in [-0.25, -0.2) is 0 Å². The number of benzene rings is 1. The maximum atomic E-state index is 12.6. The molecule has 1 aromatic carbocycles. The van der Waals surface area contributed by atoms with Crippen LogP contribution in [0.4, 0.5) is 11.4 Å². The number of hydrogen-bond acceptors (Lipinski definition) is 4. The molecule has 144 valence electrons. The van der Waals surface area contributed by atoms with Gasteiger partial charge in [-0.3, -0.25) is 9.59 Å². The zero-order valence-electron chi connectivity index (χ0n) is 16.0. The fourth-order valence-corrected chi connectivity index (χ4v) is 3.23. The zero-order chi connectivity index (χ0) is 18.8. The largest absolute Gasteiger partial charge is 0.371 e. The normalized spacial score (nSPS) is 14.9. The van der Waals surface area contributed by atoms with E-state index >= 15 is 0 Å². The molecule has 0 saturated carbocycles. The number of anilines is 2. The Morgan fingerprint density at radius 1 is 1.23 bits per heavy atom. The van der Waals surface area contributed by atoms with E-state index in [1.54, 1.807) is 0 Å². The van der Waals surface area contributed by atoms with E-state index < -0.39 is 6.04 Å². The Morgan fingerprint density at radius 3 is 2.69 bits per heavy atom. The minimum Gasteiger partial charge on any atom is -0.371 e. The third-order valence-corrected chi connectivity index (χ3v) is 4.64. The number of hydrogen-bond donors (Lipinski definition) is 3. The Kier molecular flexibility index (Phi) is 8.41. The number of amides is 2. The van der Waals surface area contributed by atoms with Gasteiger partial charge in [0.2, 0.25) is 11.8 Å². The Morgan fingerprint density at radius 2 is 2.00 bits per heavy atom. The Hall–Kier alpha value is -2.08. The summed E-state index contributed by atoms with van der Waals surface area (Å²) in [5, 5.41) is 8.87. The second-order valence-electron chi connectivity index (χ2n) is 6.85. The maximum Gasteiger partial charge on any atom is 0.246 e. The number of carbonyl (C=O) groups is 2. The molecule has 0 aliphatic carbocycles. The molecule has 1 atom stereocenters. The van der Waals surface area contributed by atoms with E-state index in [9.17, 15) is 9.59 Å². The van der Waals surface area contributed by atoms with Crippen LogP contribution in [0.3, 0.4) is 0 Å². The molecule has 0 radical (unpaired) electrons. The van der Waals surface area contributed by atoms with Crippen molar-refractivity contribution in [3.63, 3.8) is 0 Å². The van der Waals surface area contributed by atoms with Gasteiger partial charge in [0.05, 0.1) is 0 Å². The predicted molar refractivity (Wildman–Crippen MR) is 107 cm³/mol. The van der Waals surface area contributed by atoms with Gasteiger partial charge < -0.3 is 20.9 Å². The van der Waals surface area contributed by atoms with Gasteiger partial charge in [0.15, 0.2) is 0 Å². The summed E-state index contributed by atoms with van der Waals surface area (Å²) in [6.07, 6.45) is 5.10. The van der Waals surface area contributed by atoms with E-state index in [0.29, 0.717) is 12.8 Å². The first-order chi connectivity index (χ1) is 12.6. The summed E-state index contributed by atoms with van der Waals surface area (Å²) in [6.45, 7) is 4.94. The summed E-state index contributed by atoms with van der Waals surface area (Å²) in [4.78, 5) is 27.0. The molecule has 3 N–H and O–H groups in total. The summed E-state index contributed by atoms with van der Waals surface area (Å²) in [5.41, 5.74) is 1.92. The molecule has 0 spiro atoms. The molecule has 0 aromatic heterocycles. The second kappa shape index (κ2) is 10.8. The summed E-state index contributed by atoms with van der Waals surface area (Å²) in [5.74, 6) is -0.216. The summed E-state index contributed by atoms with van der Waals surface area (Å²) in [7, 11) is 1.86. The van der Waals surface area contributed by atoms with E-state index in [0.717, 1.165) is 43.9 Å². The standard InChI is InChI=1S/C20H32N4O2/c1-3-8-18(23-19(25)11-7-12-21-2)20(26)22-16-9-6-10-17(15-16)24-13-4-5-14-24/h6,9-10,15,18,21H,3-5,7-8,11-14H2,1-2H3,(H,22,26)(H,23,25). The van der Waals surface area contributed by atoms with Crippen molar-refractivity contribution in [2.45, 2.75) is 51.5 Å². The third-order valence-electron chi connectivity index (χ3n) is 4.64. The molecule has 1 unspecified atom stereocenters. The molecule has 6 heteroatoms. The highest BCUT2D eigenvalue weighted by molar-refractivity contribution is 5.97. The minimum absolute atomic E-state index is 0.0698. The van der Waals surface area contributed by atoms with E-state index in [4.69, 9.17) is 0 Å². The first-order valence-corrected chi connectivity index (χ1v) is 9.74. The summed E-state index contributed by atoms with van der Waals surface area (Å²) >= 11 is 0. The number of carbonyl (C=O) groups excluding carboxylic acids is 2. The number of nitrogens with zero attached hydrogens (tertiary/aromatic N) is 1. The van der Waals surface area contributed by atoms with Gasteiger partial charge in [0.1, 0.15) is 6.04 Å². The Bertz CT molecular complexity index is 585. The third kappa shape index (κ3) is 6.33. The van der Waals surface area contributed by atoms with Crippen LogP contribution in [0, 0.1) is 0 Å². The van der Waals surface area contributed by atoms with Gasteiger partial charge in [0, 0.05) is 30.9 Å². The van der Waals surface area contributed by atoms with Crippen LogP contribution in [-0.4, -0.2) is 44.5 Å². The first-order valence-electron chi connectivity index (χ1n) is 9.74. The average molecular weight is 361 g/mol. The van der Waals surface area contributed by atoms with E-state index in [-0.39, 0.29) is 11.8 Å². The van der Waals surface area contributed by atoms with E-state index in [1.165, 1.54) is 12.8 Å². The lowest BCUT2D eigenvalue weighted by molar-refractivity contribution is -0.126. The Labute approximate surface area is 156 Å². The summed E-state index contributed by atoms with van der Waals surface area (Å²) in [6, 6.07) is 7.47. The van der Waals surface area contributed by atoms with Crippen molar-refractivity contribution in [2.24, 2.45) is 0 Å². The second-order valence-corrected chi connectivity index (χ2v) is 6.85. The number of nitrogens with one attached hydrogen (secondary N) is 3. The lowest BCUT2D eigenvalue weighted by Crippen LogP contribution is -2.43. The molecule has 2 amide bonds. The van der Waals surface area contributed by atoms with Crippen LogP contribution in [0.25, 0.3) is 0 Å². The van der Waals surface area contributed by atoms with E-state index in [1.807, 2.05) is 32.2 Å². The van der Waals surface area contributed by atoms with Gasteiger partial charge in [-0.1, -0.05) is 19.4 Å². The zero-order valence-corrected chi connectivity index (χ0v) is 16.0. The minimum atomic E-state index is -0.488. The quantitative estimate of drug-likeness (QED) is 0.561. The van der Waals surface area contributed by atoms with Gasteiger partial charge in [-0.05, 0) is 57.5 Å². The molecule has 1 saturated heterocycles. The lowest BCUT2D eigenvalue weighted by atomic mass is 10.1. The topological polar surface area (TPSA) is 73.5 Å². The smallest absolute Gasteiger partial charge is 0.246 e. The van der Waals surface area contributed by atoms with Gasteiger partial charge >= 0.3 is 0 Å². The number of rotatable bonds is 10. The van der Waals surface area contributed by atoms with Crippen LogP contribution in [0.1, 0.15) is 45.4 Å². The van der Waals surface area contributed by atoms with Crippen LogP contribution in [0.2, 0.25) is 0 Å². The monoisotopic (exact) mass is 360 g/mol. The molecular weight excluding hydrogens is 328 g/mol. The van der Waals surface area contributed by atoms with Crippen LogP contribution in [-0.2, 0) is 9.59 Å². The maximum absolute atomic E-state index is 12.6. The highest BCUT2D eigenvalue weighted by Crippen LogP contribution is 2.23. The van der Waals surface area contributed by atoms with E-state index in [2.05, 4.69) is 26.9 Å². The van der Waals surface area contributed by atoms with Crippen LogP contribution in [0.5, 0.6) is 0 Å². The molecule has 6 nitrogen and oxygen atoms in total. The summed E-state index contributed by atoms with van der Waals surface area (Å²) < 4.78 is 0. The highest BCUT2D eigenvalue weighted by Gasteiger charge is 2.20. The van der Waals surface area contributed by atoms with Gasteiger partial charge in [-0.2, -0.15) is 0 Å². The molecule has 2 rings (SSSR count). The fourth-order valence-electron chi connectivity index (χ4n) is 3.23. The van der Waals surface area contributed by atoms with Crippen molar-refractivity contribution < 1.29 is 9.59 Å². The van der Waals surface area contributed by atoms with Gasteiger partial charge in [0.25, 0.3) is 0 Å². The van der Waals surface area contributed by atoms with Crippen molar-refractivity contribution in [1.29, 1.82) is 0 Å². The van der Waals surface area contributed by atoms with Crippen molar-refractivity contribution in [3.8, 4) is 0 Å². The molecule has 26 heavy (non-hydrogen) atoms. The molecule has 1 aliphatic heterocycles. The SMILES string of the molecule is CCCC(NC(=O)CCCNC)C(=O)Nc1cccc(N2CCCC2)c1. The highest BCUT2D eigenvalue weighted by atomic mass is 16.2. The van der Waals surface area contributed by atoms with Crippen LogP contribution in [0.15, 0.2) is 24.3 Å². The first kappa shape index (κ1) is 20.2. The van der Waals surface area contributed by atoms with Crippen molar-refractivity contribution in [1.82, 2.24) is 10.6 Å². The van der Waals surface area contributed by atoms with Gasteiger partial charge in [-0.15, -0.1) is 0 Å². The molecule has 1 fully saturated rings. The lowest BCUT2D eigenvalue weighted by Gasteiger charge is -2.20. The molecule has 0 bridgehead atoms. The van der Waals surface area contributed by atoms with Crippen molar-refractivity contribution >= 4 is 23.2 Å². The molecular formula is C20H32N4O2. The molecule has 1 aromatic rings. The van der Waals surface area contributed by atoms with Crippen molar-refractivity contribution in [2.75, 3.05) is 36.9 Å². The van der Waals surface area contributed by atoms with Crippen molar-refractivity contribution in [3.05, 3.63) is 24.3 Å². The molecule has 1 heterocycles. The predicted octanol–water partition coefficient (Wildman–Crippen LogP) is 2.51. The fraction of sp³-hybridized carbons (Fsp3) is 0.600. The molecule has 1 aliphatic rings.